The molecule has 0 saturated heterocycles. The SMILES string of the molecule is Cc1ccc(Nc2ccc3c(O)c(N=Nc4cc(S(=O)(=O)O)cc(C)c4O)c(C)cc3c2)cc1. The van der Waals surface area contributed by atoms with E-state index in [2.05, 4.69) is 15.5 Å². The maximum atomic E-state index is 11.5. The van der Waals surface area contributed by atoms with Gasteiger partial charge in [-0.15, -0.1) is 10.2 Å². The molecule has 34 heavy (non-hydrogen) atoms. The van der Waals surface area contributed by atoms with Crippen molar-refractivity contribution in [3.8, 4) is 11.5 Å². The summed E-state index contributed by atoms with van der Waals surface area (Å²) < 4.78 is 32.3. The molecule has 0 spiro atoms. The van der Waals surface area contributed by atoms with Gasteiger partial charge in [0, 0.05) is 16.8 Å². The number of fused-ring (bicyclic) bond motifs is 1. The van der Waals surface area contributed by atoms with Gasteiger partial charge in [-0.3, -0.25) is 4.55 Å². The van der Waals surface area contributed by atoms with Gasteiger partial charge in [0.05, 0.1) is 4.90 Å². The highest BCUT2D eigenvalue weighted by Gasteiger charge is 2.16. The number of benzene rings is 4. The van der Waals surface area contributed by atoms with Crippen molar-refractivity contribution >= 4 is 43.6 Å². The largest absolute Gasteiger partial charge is 0.505 e. The van der Waals surface area contributed by atoms with Gasteiger partial charge in [0.25, 0.3) is 10.1 Å². The predicted octanol–water partition coefficient (Wildman–Crippen LogP) is 6.58. The average Bonchev–Trinajstić information content (AvgIpc) is 2.77. The van der Waals surface area contributed by atoms with Gasteiger partial charge < -0.3 is 15.5 Å². The summed E-state index contributed by atoms with van der Waals surface area (Å²) in [4.78, 5) is -0.412. The lowest BCUT2D eigenvalue weighted by molar-refractivity contribution is 0.469. The highest BCUT2D eigenvalue weighted by atomic mass is 32.2. The summed E-state index contributed by atoms with van der Waals surface area (Å²) >= 11 is 0. The number of phenols is 2. The topological polar surface area (TPSA) is 132 Å². The zero-order valence-electron chi connectivity index (χ0n) is 18.7. The van der Waals surface area contributed by atoms with Crippen molar-refractivity contribution in [1.29, 1.82) is 0 Å². The minimum absolute atomic E-state index is 0.0946. The Labute approximate surface area is 197 Å². The van der Waals surface area contributed by atoms with E-state index in [1.54, 1.807) is 13.0 Å². The molecule has 0 aliphatic rings. The molecule has 0 fully saturated rings. The molecule has 0 aliphatic carbocycles. The van der Waals surface area contributed by atoms with Crippen molar-refractivity contribution in [3.63, 3.8) is 0 Å². The van der Waals surface area contributed by atoms with Crippen molar-refractivity contribution in [3.05, 3.63) is 77.4 Å². The van der Waals surface area contributed by atoms with Crippen molar-refractivity contribution in [2.24, 2.45) is 10.2 Å². The third-order valence-corrected chi connectivity index (χ3v) is 6.26. The van der Waals surface area contributed by atoms with Gasteiger partial charge >= 0.3 is 0 Å². The number of nitrogens with one attached hydrogen (secondary N) is 1. The van der Waals surface area contributed by atoms with E-state index in [9.17, 15) is 23.2 Å². The summed E-state index contributed by atoms with van der Waals surface area (Å²) in [6.07, 6.45) is 0. The number of phenolic OH excluding ortho intramolecular Hbond substituents is 2. The quantitative estimate of drug-likeness (QED) is 0.190. The Morgan fingerprint density at radius 1 is 0.765 bits per heavy atom. The van der Waals surface area contributed by atoms with Crippen molar-refractivity contribution in [1.82, 2.24) is 0 Å². The van der Waals surface area contributed by atoms with Crippen molar-refractivity contribution in [2.75, 3.05) is 5.32 Å². The highest BCUT2D eigenvalue weighted by molar-refractivity contribution is 7.85. The van der Waals surface area contributed by atoms with Crippen LogP contribution in [0, 0.1) is 20.8 Å². The maximum absolute atomic E-state index is 11.5. The fourth-order valence-electron chi connectivity index (χ4n) is 3.58. The lowest BCUT2D eigenvalue weighted by atomic mass is 10.0. The molecule has 0 saturated carbocycles. The summed E-state index contributed by atoms with van der Waals surface area (Å²) in [6.45, 7) is 5.26. The molecule has 0 bridgehead atoms. The van der Waals surface area contributed by atoms with Crippen LogP contribution in [0.1, 0.15) is 16.7 Å². The van der Waals surface area contributed by atoms with E-state index in [4.69, 9.17) is 0 Å². The Bertz CT molecular complexity index is 1550. The molecule has 0 radical (unpaired) electrons. The number of azo groups is 1. The van der Waals surface area contributed by atoms with Crippen molar-refractivity contribution < 1.29 is 23.2 Å². The first-order valence-electron chi connectivity index (χ1n) is 10.4. The normalized spacial score (nSPS) is 11.9. The van der Waals surface area contributed by atoms with E-state index in [-0.39, 0.29) is 28.4 Å². The average molecular weight is 478 g/mol. The van der Waals surface area contributed by atoms with E-state index >= 15 is 0 Å². The molecule has 4 N–H and O–H groups in total. The molecule has 8 nitrogen and oxygen atoms in total. The molecular formula is C25H23N3O5S. The van der Waals surface area contributed by atoms with Gasteiger partial charge in [0.2, 0.25) is 0 Å². The van der Waals surface area contributed by atoms with E-state index < -0.39 is 15.0 Å². The number of aryl methyl sites for hydroxylation is 3. The van der Waals surface area contributed by atoms with Crippen LogP contribution in [0.5, 0.6) is 11.5 Å². The minimum atomic E-state index is -4.49. The summed E-state index contributed by atoms with van der Waals surface area (Å²) in [5, 5.41) is 33.8. The van der Waals surface area contributed by atoms with Crippen LogP contribution in [0.3, 0.4) is 0 Å². The molecule has 0 heterocycles. The molecule has 0 aliphatic heterocycles. The second-order valence-electron chi connectivity index (χ2n) is 8.10. The summed E-state index contributed by atoms with van der Waals surface area (Å²) in [6, 6.07) is 17.5. The Hall–Kier alpha value is -3.95. The van der Waals surface area contributed by atoms with E-state index in [0.717, 1.165) is 28.9 Å². The monoisotopic (exact) mass is 477 g/mol. The molecule has 4 aromatic rings. The van der Waals surface area contributed by atoms with E-state index in [1.807, 2.05) is 49.4 Å². The zero-order chi connectivity index (χ0) is 24.6. The first-order valence-corrected chi connectivity index (χ1v) is 11.8. The van der Waals surface area contributed by atoms with Crippen LogP contribution in [0.25, 0.3) is 10.8 Å². The standard InChI is InChI=1S/C25H23N3O5S/c1-14-4-6-18(7-5-14)26-19-8-9-21-17(12-19)10-15(2)23(25(21)30)28-27-22-13-20(34(31,32)33)11-16(3)24(22)29/h4-13,26,29-30H,1-3H3,(H,31,32,33). The third kappa shape index (κ3) is 4.70. The molecule has 0 aromatic heterocycles. The fourth-order valence-corrected chi connectivity index (χ4v) is 4.17. The third-order valence-electron chi connectivity index (χ3n) is 5.43. The van der Waals surface area contributed by atoms with Crippen LogP contribution in [0.4, 0.5) is 22.7 Å². The lowest BCUT2D eigenvalue weighted by Crippen LogP contribution is -1.98. The first-order chi connectivity index (χ1) is 16.0. The highest BCUT2D eigenvalue weighted by Crippen LogP contribution is 2.41. The van der Waals surface area contributed by atoms with Crippen LogP contribution < -0.4 is 5.32 Å². The molecular weight excluding hydrogens is 454 g/mol. The molecule has 0 atom stereocenters. The van der Waals surface area contributed by atoms with Crippen LogP contribution in [-0.2, 0) is 10.1 Å². The van der Waals surface area contributed by atoms with Crippen LogP contribution in [-0.4, -0.2) is 23.2 Å². The molecule has 0 unspecified atom stereocenters. The number of hydrogen-bond donors (Lipinski definition) is 4. The Kier molecular flexibility index (Phi) is 5.99. The smallest absolute Gasteiger partial charge is 0.294 e. The number of rotatable bonds is 5. The summed E-state index contributed by atoms with van der Waals surface area (Å²) in [7, 11) is -4.49. The van der Waals surface area contributed by atoms with Crippen LogP contribution in [0.2, 0.25) is 0 Å². The molecule has 4 aromatic carbocycles. The van der Waals surface area contributed by atoms with Gasteiger partial charge in [-0.2, -0.15) is 8.42 Å². The lowest BCUT2D eigenvalue weighted by Gasteiger charge is -2.11. The number of hydrogen-bond acceptors (Lipinski definition) is 7. The predicted molar refractivity (Wildman–Crippen MR) is 132 cm³/mol. The van der Waals surface area contributed by atoms with Crippen LogP contribution >= 0.6 is 0 Å². The Balaban J connectivity index is 1.71. The summed E-state index contributed by atoms with van der Waals surface area (Å²) in [5.74, 6) is -0.372. The Morgan fingerprint density at radius 2 is 1.44 bits per heavy atom. The molecule has 174 valence electrons. The minimum Gasteiger partial charge on any atom is -0.505 e. The van der Waals surface area contributed by atoms with Crippen LogP contribution in [0.15, 0.2) is 75.8 Å². The zero-order valence-corrected chi connectivity index (χ0v) is 19.6. The maximum Gasteiger partial charge on any atom is 0.294 e. The second kappa shape index (κ2) is 8.77. The van der Waals surface area contributed by atoms with Gasteiger partial charge in [-0.1, -0.05) is 17.7 Å². The fraction of sp³-hybridized carbons (Fsp3) is 0.120. The van der Waals surface area contributed by atoms with Crippen molar-refractivity contribution in [2.45, 2.75) is 25.7 Å². The number of nitrogens with zero attached hydrogens (tertiary/aromatic N) is 2. The molecule has 9 heteroatoms. The van der Waals surface area contributed by atoms with Gasteiger partial charge in [0.15, 0.2) is 5.75 Å². The summed E-state index contributed by atoms with van der Waals surface area (Å²) in [5.41, 5.74) is 3.83. The number of aromatic hydroxyl groups is 2. The molecule has 0 amide bonds. The van der Waals surface area contributed by atoms with E-state index in [0.29, 0.717) is 10.9 Å². The number of anilines is 2. The first kappa shape index (κ1) is 23.2. The Morgan fingerprint density at radius 3 is 2.12 bits per heavy atom. The molecule has 4 rings (SSSR count). The van der Waals surface area contributed by atoms with Gasteiger partial charge in [-0.25, -0.2) is 0 Å². The van der Waals surface area contributed by atoms with Gasteiger partial charge in [-0.05, 0) is 85.8 Å². The second-order valence-corrected chi connectivity index (χ2v) is 9.52. The van der Waals surface area contributed by atoms with E-state index in [1.165, 1.54) is 12.5 Å². The van der Waals surface area contributed by atoms with Gasteiger partial charge in [0.1, 0.15) is 17.1 Å².